The topological polar surface area (TPSA) is 38.0 Å². The second-order valence-electron chi connectivity index (χ2n) is 4.10. The highest BCUT2D eigenvalue weighted by Crippen LogP contribution is 2.27. The maximum atomic E-state index is 5.87. The van der Waals surface area contributed by atoms with Crippen molar-refractivity contribution in [3.63, 3.8) is 0 Å². The normalized spacial score (nSPS) is 12.4. The number of anilines is 1. The predicted molar refractivity (Wildman–Crippen MR) is 83.3 cm³/mol. The fourth-order valence-electron chi connectivity index (χ4n) is 1.80. The first-order chi connectivity index (χ1) is 8.72. The van der Waals surface area contributed by atoms with E-state index in [4.69, 9.17) is 5.73 Å². The number of nitrogens with one attached hydrogen (secondary N) is 1. The van der Waals surface area contributed by atoms with Crippen molar-refractivity contribution in [1.82, 2.24) is 0 Å². The van der Waals surface area contributed by atoms with Crippen LogP contribution in [0.2, 0.25) is 0 Å². The summed E-state index contributed by atoms with van der Waals surface area (Å²) in [7, 11) is 0. The van der Waals surface area contributed by atoms with Gasteiger partial charge in [0.25, 0.3) is 0 Å². The Morgan fingerprint density at radius 1 is 1.33 bits per heavy atom. The fourth-order valence-corrected chi connectivity index (χ4v) is 3.21. The maximum absolute atomic E-state index is 5.87. The Morgan fingerprint density at radius 3 is 2.78 bits per heavy atom. The van der Waals surface area contributed by atoms with Crippen molar-refractivity contribution < 1.29 is 0 Å². The van der Waals surface area contributed by atoms with Gasteiger partial charge in [0.2, 0.25) is 0 Å². The molecule has 1 heterocycles. The van der Waals surface area contributed by atoms with E-state index in [1.165, 1.54) is 9.75 Å². The first kappa shape index (κ1) is 13.6. The molecule has 2 rings (SSSR count). The number of hydrogen-bond acceptors (Lipinski definition) is 3. The van der Waals surface area contributed by atoms with Crippen LogP contribution >= 0.6 is 27.3 Å². The summed E-state index contributed by atoms with van der Waals surface area (Å²) in [6, 6.07) is 12.7. The van der Waals surface area contributed by atoms with E-state index in [2.05, 4.69) is 52.4 Å². The van der Waals surface area contributed by atoms with Gasteiger partial charge in [-0.3, -0.25) is 0 Å². The molecule has 1 atom stereocenters. The average Bonchev–Trinajstić information content (AvgIpc) is 2.84. The quantitative estimate of drug-likeness (QED) is 0.865. The Morgan fingerprint density at radius 2 is 2.17 bits per heavy atom. The number of thiophene rings is 1. The maximum Gasteiger partial charge on any atom is 0.0728 e. The number of nitrogens with two attached hydrogens (primary N) is 1. The van der Waals surface area contributed by atoms with Crippen molar-refractivity contribution in [3.05, 3.63) is 50.6 Å². The number of rotatable bonds is 5. The van der Waals surface area contributed by atoms with Crippen molar-refractivity contribution >= 4 is 33.0 Å². The van der Waals surface area contributed by atoms with Crippen LogP contribution < -0.4 is 11.1 Å². The molecule has 0 aliphatic heterocycles. The third-order valence-corrected chi connectivity index (χ3v) is 4.61. The number of halogens is 1. The van der Waals surface area contributed by atoms with Crippen LogP contribution in [0.5, 0.6) is 0 Å². The number of hydrogen-bond donors (Lipinski definition) is 2. The highest BCUT2D eigenvalue weighted by atomic mass is 79.9. The van der Waals surface area contributed by atoms with Gasteiger partial charge in [-0.25, -0.2) is 0 Å². The minimum Gasteiger partial charge on any atom is -0.376 e. The molecular weight excluding hydrogens is 308 g/mol. The summed E-state index contributed by atoms with van der Waals surface area (Å²) < 4.78 is 1.07. The van der Waals surface area contributed by atoms with Gasteiger partial charge in [0.1, 0.15) is 0 Å². The molecule has 1 aromatic heterocycles. The molecule has 0 aliphatic carbocycles. The van der Waals surface area contributed by atoms with E-state index >= 15 is 0 Å². The number of benzene rings is 1. The van der Waals surface area contributed by atoms with Crippen molar-refractivity contribution in [1.29, 1.82) is 0 Å². The zero-order valence-corrected chi connectivity index (χ0v) is 12.7. The summed E-state index contributed by atoms with van der Waals surface area (Å²) in [6.07, 6.45) is 1.08. The third-order valence-electron chi connectivity index (χ3n) is 2.78. The lowest BCUT2D eigenvalue weighted by Crippen LogP contribution is -2.19. The molecule has 0 aliphatic rings. The predicted octanol–water partition coefficient (Wildman–Crippen LogP) is 4.18. The second kappa shape index (κ2) is 6.36. The van der Waals surface area contributed by atoms with Crippen LogP contribution in [0.1, 0.15) is 22.7 Å². The summed E-state index contributed by atoms with van der Waals surface area (Å²) in [6.45, 7) is 2.77. The molecule has 0 radical (unpaired) electrons. The van der Waals surface area contributed by atoms with Crippen LogP contribution in [0.3, 0.4) is 0 Å². The molecular formula is C14H17BrN2S. The van der Waals surface area contributed by atoms with E-state index in [0.717, 1.165) is 16.6 Å². The van der Waals surface area contributed by atoms with E-state index in [-0.39, 0.29) is 6.04 Å². The van der Waals surface area contributed by atoms with E-state index in [0.29, 0.717) is 6.54 Å². The van der Waals surface area contributed by atoms with Crippen LogP contribution in [0, 0.1) is 0 Å². The first-order valence-electron chi connectivity index (χ1n) is 6.03. The molecule has 0 bridgehead atoms. The lowest BCUT2D eigenvalue weighted by molar-refractivity contribution is 0.806. The molecule has 0 saturated carbocycles. The average molecular weight is 325 g/mol. The van der Waals surface area contributed by atoms with Crippen LogP contribution in [0.4, 0.5) is 5.69 Å². The molecule has 18 heavy (non-hydrogen) atoms. The molecule has 2 aromatic rings. The minimum atomic E-state index is 0.185. The highest BCUT2D eigenvalue weighted by molar-refractivity contribution is 9.10. The molecule has 2 nitrogen and oxygen atoms in total. The van der Waals surface area contributed by atoms with Gasteiger partial charge < -0.3 is 11.1 Å². The first-order valence-corrected chi connectivity index (χ1v) is 7.64. The number of aryl methyl sites for hydroxylation is 1. The van der Waals surface area contributed by atoms with Gasteiger partial charge in [0.15, 0.2) is 0 Å². The van der Waals surface area contributed by atoms with Gasteiger partial charge in [-0.2, -0.15) is 0 Å². The zero-order valence-electron chi connectivity index (χ0n) is 10.3. The summed E-state index contributed by atoms with van der Waals surface area (Å²) in [5.74, 6) is 0. The molecule has 0 saturated heterocycles. The minimum absolute atomic E-state index is 0.185. The molecule has 0 amide bonds. The Balaban J connectivity index is 2.14. The van der Waals surface area contributed by atoms with Gasteiger partial charge in [0.05, 0.1) is 6.04 Å². The lowest BCUT2D eigenvalue weighted by Gasteiger charge is -2.17. The monoisotopic (exact) mass is 324 g/mol. The molecule has 0 spiro atoms. The third kappa shape index (κ3) is 3.34. The Labute approximate surface area is 120 Å². The molecule has 1 unspecified atom stereocenters. The van der Waals surface area contributed by atoms with Gasteiger partial charge in [0, 0.05) is 26.5 Å². The molecule has 0 fully saturated rings. The lowest BCUT2D eigenvalue weighted by atomic mass is 10.2. The largest absolute Gasteiger partial charge is 0.376 e. The summed E-state index contributed by atoms with van der Waals surface area (Å²) in [5.41, 5.74) is 6.96. The molecule has 4 heteroatoms. The van der Waals surface area contributed by atoms with E-state index < -0.39 is 0 Å². The Kier molecular flexibility index (Phi) is 4.80. The Hall–Kier alpha value is -0.840. The van der Waals surface area contributed by atoms with Gasteiger partial charge >= 0.3 is 0 Å². The van der Waals surface area contributed by atoms with Gasteiger partial charge in [-0.1, -0.05) is 28.9 Å². The smallest absolute Gasteiger partial charge is 0.0728 e. The summed E-state index contributed by atoms with van der Waals surface area (Å²) in [5, 5.41) is 3.48. The fraction of sp³-hybridized carbons (Fsp3) is 0.286. The van der Waals surface area contributed by atoms with Crippen LogP contribution in [-0.2, 0) is 6.42 Å². The SMILES string of the molecule is CCc1ccc(C(CN)Nc2cccc(Br)c2)s1. The summed E-state index contributed by atoms with van der Waals surface area (Å²) >= 11 is 5.31. The van der Waals surface area contributed by atoms with E-state index in [9.17, 15) is 0 Å². The van der Waals surface area contributed by atoms with Crippen molar-refractivity contribution in [2.45, 2.75) is 19.4 Å². The summed E-state index contributed by atoms with van der Waals surface area (Å²) in [4.78, 5) is 2.70. The van der Waals surface area contributed by atoms with Crippen LogP contribution in [-0.4, -0.2) is 6.54 Å². The highest BCUT2D eigenvalue weighted by Gasteiger charge is 2.11. The van der Waals surface area contributed by atoms with Gasteiger partial charge in [-0.05, 0) is 36.8 Å². The molecule has 96 valence electrons. The molecule has 3 N–H and O–H groups in total. The standard InChI is InChI=1S/C14H17BrN2S/c1-2-12-6-7-14(18-12)13(9-16)17-11-5-3-4-10(15)8-11/h3-8,13,17H,2,9,16H2,1H3. The van der Waals surface area contributed by atoms with Crippen LogP contribution in [0.25, 0.3) is 0 Å². The van der Waals surface area contributed by atoms with E-state index in [1.54, 1.807) is 0 Å². The Bertz CT molecular complexity index is 510. The van der Waals surface area contributed by atoms with Crippen molar-refractivity contribution in [3.8, 4) is 0 Å². The molecule has 1 aromatic carbocycles. The van der Waals surface area contributed by atoms with Crippen molar-refractivity contribution in [2.75, 3.05) is 11.9 Å². The van der Waals surface area contributed by atoms with E-state index in [1.807, 2.05) is 23.5 Å². The zero-order chi connectivity index (χ0) is 13.0. The van der Waals surface area contributed by atoms with Gasteiger partial charge in [-0.15, -0.1) is 11.3 Å². The van der Waals surface area contributed by atoms with Crippen molar-refractivity contribution in [2.24, 2.45) is 5.73 Å². The van der Waals surface area contributed by atoms with Crippen LogP contribution in [0.15, 0.2) is 40.9 Å². The second-order valence-corrected chi connectivity index (χ2v) is 6.22.